The van der Waals surface area contributed by atoms with E-state index < -0.39 is 6.04 Å². The van der Waals surface area contributed by atoms with E-state index in [0.717, 1.165) is 0 Å². The van der Waals surface area contributed by atoms with E-state index in [1.165, 1.54) is 0 Å². The van der Waals surface area contributed by atoms with E-state index in [-0.39, 0.29) is 24.5 Å². The second-order valence-corrected chi connectivity index (χ2v) is 4.72. The average molecular weight is 244 g/mol. The average Bonchev–Trinajstić information content (AvgIpc) is 2.23. The first-order valence-electron chi connectivity index (χ1n) is 5.99. The van der Waals surface area contributed by atoms with Gasteiger partial charge in [0.15, 0.2) is 0 Å². The lowest BCUT2D eigenvalue weighted by atomic mass is 10.0. The van der Waals surface area contributed by atoms with Crippen molar-refractivity contribution in [2.45, 2.75) is 46.3 Å². The molecule has 5 nitrogen and oxygen atoms in total. The Balaban J connectivity index is 4.22. The van der Waals surface area contributed by atoms with Gasteiger partial charge in [0.25, 0.3) is 0 Å². The van der Waals surface area contributed by atoms with Gasteiger partial charge in [0.1, 0.15) is 12.6 Å². The van der Waals surface area contributed by atoms with Crippen LogP contribution in [0, 0.1) is 5.92 Å². The lowest BCUT2D eigenvalue weighted by molar-refractivity contribution is -0.132. The van der Waals surface area contributed by atoms with Crippen LogP contribution in [-0.2, 0) is 14.3 Å². The molecular weight excluding hydrogens is 220 g/mol. The number of rotatable bonds is 7. The van der Waals surface area contributed by atoms with Crippen molar-refractivity contribution < 1.29 is 14.3 Å². The third kappa shape index (κ3) is 7.74. The summed E-state index contributed by atoms with van der Waals surface area (Å²) in [6.07, 6.45) is 0.622. The maximum absolute atomic E-state index is 11.6. The van der Waals surface area contributed by atoms with Gasteiger partial charge in [-0.3, -0.25) is 9.59 Å². The highest BCUT2D eigenvalue weighted by atomic mass is 16.5. The number of hydrogen-bond acceptors (Lipinski definition) is 3. The number of likely N-dealkylation sites (N-methyl/N-ethyl adjacent to an activating group) is 1. The van der Waals surface area contributed by atoms with Crippen LogP contribution in [0.2, 0.25) is 0 Å². The molecule has 0 aliphatic heterocycles. The normalized spacial score (nSPS) is 12.6. The summed E-state index contributed by atoms with van der Waals surface area (Å²) < 4.78 is 5.18. The molecule has 0 radical (unpaired) electrons. The Kier molecular flexibility index (Phi) is 7.54. The Bertz CT molecular complexity index is 252. The van der Waals surface area contributed by atoms with Crippen molar-refractivity contribution in [2.24, 2.45) is 5.92 Å². The number of nitrogens with one attached hydrogen (secondary N) is 2. The van der Waals surface area contributed by atoms with Crippen molar-refractivity contribution in [3.8, 4) is 0 Å². The minimum atomic E-state index is -0.483. The zero-order valence-electron chi connectivity index (χ0n) is 11.4. The molecular formula is C12H24N2O3. The van der Waals surface area contributed by atoms with Crippen LogP contribution in [0.25, 0.3) is 0 Å². The van der Waals surface area contributed by atoms with E-state index >= 15 is 0 Å². The quantitative estimate of drug-likeness (QED) is 0.692. The molecule has 0 rings (SSSR count). The van der Waals surface area contributed by atoms with E-state index in [4.69, 9.17) is 4.74 Å². The first-order chi connectivity index (χ1) is 7.86. The molecule has 0 aromatic heterocycles. The van der Waals surface area contributed by atoms with Crippen LogP contribution in [0.3, 0.4) is 0 Å². The number of carbonyl (C=O) groups is 2. The van der Waals surface area contributed by atoms with Crippen molar-refractivity contribution >= 4 is 11.8 Å². The first kappa shape index (κ1) is 15.9. The molecule has 17 heavy (non-hydrogen) atoms. The van der Waals surface area contributed by atoms with Crippen LogP contribution in [0.1, 0.15) is 34.1 Å². The standard InChI is InChI=1S/C12H24N2O3/c1-8(2)6-10(12(16)13-5)14-11(15)7-17-9(3)4/h8-10H,6-7H2,1-5H3,(H,13,16)(H,14,15). The summed E-state index contributed by atoms with van der Waals surface area (Å²) >= 11 is 0. The van der Waals surface area contributed by atoms with Crippen LogP contribution in [0.4, 0.5) is 0 Å². The summed E-state index contributed by atoms with van der Waals surface area (Å²) in [5.74, 6) is -0.0897. The molecule has 0 aromatic rings. The van der Waals surface area contributed by atoms with Crippen LogP contribution in [0.5, 0.6) is 0 Å². The van der Waals surface area contributed by atoms with Crippen LogP contribution in [0.15, 0.2) is 0 Å². The number of ether oxygens (including phenoxy) is 1. The highest BCUT2D eigenvalue weighted by Gasteiger charge is 2.20. The van der Waals surface area contributed by atoms with Gasteiger partial charge in [0, 0.05) is 7.05 Å². The Labute approximate surface area is 103 Å². The van der Waals surface area contributed by atoms with Gasteiger partial charge >= 0.3 is 0 Å². The molecule has 0 heterocycles. The lowest BCUT2D eigenvalue weighted by Gasteiger charge is -2.19. The van der Waals surface area contributed by atoms with Crippen LogP contribution >= 0.6 is 0 Å². The molecule has 1 unspecified atom stereocenters. The van der Waals surface area contributed by atoms with Gasteiger partial charge in [-0.05, 0) is 26.2 Å². The molecule has 100 valence electrons. The molecule has 0 fully saturated rings. The van der Waals surface area contributed by atoms with E-state index in [1.54, 1.807) is 7.05 Å². The third-order valence-corrected chi connectivity index (χ3v) is 2.15. The Morgan fingerprint density at radius 1 is 1.18 bits per heavy atom. The summed E-state index contributed by atoms with van der Waals surface area (Å²) in [5, 5.41) is 5.22. The molecule has 0 aromatic carbocycles. The number of carbonyl (C=O) groups excluding carboxylic acids is 2. The van der Waals surface area contributed by atoms with Crippen molar-refractivity contribution in [3.05, 3.63) is 0 Å². The van der Waals surface area contributed by atoms with Crippen LogP contribution < -0.4 is 10.6 Å². The lowest BCUT2D eigenvalue weighted by Crippen LogP contribution is -2.47. The highest BCUT2D eigenvalue weighted by Crippen LogP contribution is 2.04. The Morgan fingerprint density at radius 3 is 2.18 bits per heavy atom. The molecule has 0 bridgehead atoms. The monoisotopic (exact) mass is 244 g/mol. The summed E-state index contributed by atoms with van der Waals surface area (Å²) in [7, 11) is 1.56. The molecule has 0 saturated heterocycles. The molecule has 0 aliphatic rings. The van der Waals surface area contributed by atoms with Crippen molar-refractivity contribution in [2.75, 3.05) is 13.7 Å². The fourth-order valence-corrected chi connectivity index (χ4v) is 1.36. The number of hydrogen-bond donors (Lipinski definition) is 2. The fourth-order valence-electron chi connectivity index (χ4n) is 1.36. The van der Waals surface area contributed by atoms with E-state index in [9.17, 15) is 9.59 Å². The van der Waals surface area contributed by atoms with Gasteiger partial charge in [-0.2, -0.15) is 0 Å². The van der Waals surface area contributed by atoms with Crippen LogP contribution in [-0.4, -0.2) is 37.6 Å². The molecule has 1 atom stereocenters. The summed E-state index contributed by atoms with van der Waals surface area (Å²) in [6, 6.07) is -0.483. The highest BCUT2D eigenvalue weighted by molar-refractivity contribution is 5.87. The summed E-state index contributed by atoms with van der Waals surface area (Å²) in [4.78, 5) is 23.1. The molecule has 0 saturated carbocycles. The molecule has 2 N–H and O–H groups in total. The maximum atomic E-state index is 11.6. The van der Waals surface area contributed by atoms with Crippen molar-refractivity contribution in [1.29, 1.82) is 0 Å². The molecule has 0 spiro atoms. The molecule has 5 heteroatoms. The largest absolute Gasteiger partial charge is 0.369 e. The maximum Gasteiger partial charge on any atom is 0.246 e. The smallest absolute Gasteiger partial charge is 0.246 e. The fraction of sp³-hybridized carbons (Fsp3) is 0.833. The topological polar surface area (TPSA) is 67.4 Å². The summed E-state index contributed by atoms with van der Waals surface area (Å²) in [6.45, 7) is 7.72. The van der Waals surface area contributed by atoms with Gasteiger partial charge in [0.2, 0.25) is 11.8 Å². The number of amides is 2. The van der Waals surface area contributed by atoms with Gasteiger partial charge < -0.3 is 15.4 Å². The van der Waals surface area contributed by atoms with E-state index in [1.807, 2.05) is 27.7 Å². The first-order valence-corrected chi connectivity index (χ1v) is 5.99. The predicted molar refractivity (Wildman–Crippen MR) is 66.5 cm³/mol. The SMILES string of the molecule is CNC(=O)C(CC(C)C)NC(=O)COC(C)C. The minimum Gasteiger partial charge on any atom is -0.369 e. The second-order valence-electron chi connectivity index (χ2n) is 4.72. The molecule has 2 amide bonds. The Hall–Kier alpha value is -1.10. The third-order valence-electron chi connectivity index (χ3n) is 2.15. The van der Waals surface area contributed by atoms with Crippen molar-refractivity contribution in [3.63, 3.8) is 0 Å². The van der Waals surface area contributed by atoms with Crippen molar-refractivity contribution in [1.82, 2.24) is 10.6 Å². The Morgan fingerprint density at radius 2 is 1.76 bits per heavy atom. The van der Waals surface area contributed by atoms with Gasteiger partial charge in [-0.25, -0.2) is 0 Å². The van der Waals surface area contributed by atoms with Gasteiger partial charge in [-0.1, -0.05) is 13.8 Å². The van der Waals surface area contributed by atoms with E-state index in [2.05, 4.69) is 10.6 Å². The summed E-state index contributed by atoms with van der Waals surface area (Å²) in [5.41, 5.74) is 0. The van der Waals surface area contributed by atoms with E-state index in [0.29, 0.717) is 12.3 Å². The molecule has 0 aliphatic carbocycles. The minimum absolute atomic E-state index is 0.00398. The predicted octanol–water partition coefficient (Wildman–Crippen LogP) is 0.688. The van der Waals surface area contributed by atoms with Gasteiger partial charge in [0.05, 0.1) is 6.10 Å². The zero-order chi connectivity index (χ0) is 13.4. The second kappa shape index (κ2) is 8.06. The zero-order valence-corrected chi connectivity index (χ0v) is 11.4. The van der Waals surface area contributed by atoms with Gasteiger partial charge in [-0.15, -0.1) is 0 Å².